The first-order valence-corrected chi connectivity index (χ1v) is 9.05. The Kier molecular flexibility index (Phi) is 6.15. The van der Waals surface area contributed by atoms with Crippen molar-refractivity contribution < 1.29 is 18.7 Å². The number of nitrogens with zero attached hydrogens (tertiary/aromatic N) is 2. The van der Waals surface area contributed by atoms with E-state index in [-0.39, 0.29) is 5.82 Å². The Labute approximate surface area is 169 Å². The number of amides is 2. The number of ether oxygens (including phenoxy) is 2. The van der Waals surface area contributed by atoms with Crippen LogP contribution in [0.1, 0.15) is 5.56 Å². The van der Waals surface area contributed by atoms with Crippen LogP contribution < -0.4 is 20.1 Å². The van der Waals surface area contributed by atoms with Crippen molar-refractivity contribution in [1.82, 2.24) is 9.78 Å². The molecule has 3 aromatic rings. The van der Waals surface area contributed by atoms with Crippen LogP contribution in [-0.4, -0.2) is 30.0 Å². The average molecular weight is 449 g/mol. The van der Waals surface area contributed by atoms with Crippen molar-refractivity contribution >= 4 is 33.5 Å². The second-order valence-electron chi connectivity index (χ2n) is 5.80. The largest absolute Gasteiger partial charge is 0.497 e. The topological polar surface area (TPSA) is 77.4 Å². The number of rotatable bonds is 6. The molecule has 3 rings (SSSR count). The van der Waals surface area contributed by atoms with Gasteiger partial charge >= 0.3 is 6.03 Å². The molecule has 0 radical (unpaired) electrons. The van der Waals surface area contributed by atoms with Crippen molar-refractivity contribution in [2.45, 2.75) is 6.54 Å². The maximum atomic E-state index is 13.0. The van der Waals surface area contributed by atoms with Crippen LogP contribution in [0.25, 0.3) is 0 Å². The normalized spacial score (nSPS) is 10.4. The number of hydrogen-bond acceptors (Lipinski definition) is 4. The fraction of sp³-hybridized carbons (Fsp3) is 0.158. The lowest BCUT2D eigenvalue weighted by Crippen LogP contribution is -2.20. The molecule has 1 aromatic heterocycles. The van der Waals surface area contributed by atoms with E-state index in [1.165, 1.54) is 26.4 Å². The Morgan fingerprint density at radius 2 is 1.89 bits per heavy atom. The molecular formula is C19H18BrFN4O3. The van der Waals surface area contributed by atoms with Crippen LogP contribution >= 0.6 is 15.9 Å². The molecule has 0 spiro atoms. The molecule has 28 heavy (non-hydrogen) atoms. The molecule has 0 saturated carbocycles. The summed E-state index contributed by atoms with van der Waals surface area (Å²) in [5, 5.41) is 9.72. The number of urea groups is 1. The Morgan fingerprint density at radius 1 is 1.14 bits per heavy atom. The molecule has 0 bridgehead atoms. The quantitative estimate of drug-likeness (QED) is 0.581. The first-order chi connectivity index (χ1) is 13.5. The summed E-state index contributed by atoms with van der Waals surface area (Å²) in [6.07, 6.45) is 1.73. The highest BCUT2D eigenvalue weighted by Gasteiger charge is 2.13. The Morgan fingerprint density at radius 3 is 2.57 bits per heavy atom. The van der Waals surface area contributed by atoms with Gasteiger partial charge in [0, 0.05) is 12.3 Å². The zero-order valence-electron chi connectivity index (χ0n) is 15.2. The maximum absolute atomic E-state index is 13.0. The number of aromatic nitrogens is 2. The van der Waals surface area contributed by atoms with Crippen molar-refractivity contribution in [3.63, 3.8) is 0 Å². The molecule has 0 unspecified atom stereocenters. The van der Waals surface area contributed by atoms with Gasteiger partial charge in [-0.2, -0.15) is 5.10 Å². The Hall–Kier alpha value is -3.07. The highest BCUT2D eigenvalue weighted by atomic mass is 79.9. The fourth-order valence-corrected chi connectivity index (χ4v) is 2.93. The van der Waals surface area contributed by atoms with E-state index in [4.69, 9.17) is 9.47 Å². The number of carbonyl (C=O) groups is 1. The molecule has 9 heteroatoms. The summed E-state index contributed by atoms with van der Waals surface area (Å²) in [6.45, 7) is 0.436. The summed E-state index contributed by atoms with van der Waals surface area (Å²) in [5.41, 5.74) is 1.34. The lowest BCUT2D eigenvalue weighted by Gasteiger charge is -2.12. The lowest BCUT2D eigenvalue weighted by molar-refractivity contribution is 0.262. The van der Waals surface area contributed by atoms with E-state index < -0.39 is 6.03 Å². The molecule has 0 aliphatic heterocycles. The summed E-state index contributed by atoms with van der Waals surface area (Å²) in [5.74, 6) is 1.14. The van der Waals surface area contributed by atoms with Gasteiger partial charge in [-0.05, 0) is 45.8 Å². The van der Waals surface area contributed by atoms with Crippen LogP contribution in [0.3, 0.4) is 0 Å². The SMILES string of the molecule is COc1ccc(OC)c(NC(=O)Nc2nn(Cc3ccc(F)cc3)cc2Br)c1. The third kappa shape index (κ3) is 4.80. The highest BCUT2D eigenvalue weighted by Crippen LogP contribution is 2.29. The van der Waals surface area contributed by atoms with Crippen molar-refractivity contribution in [2.24, 2.45) is 0 Å². The summed E-state index contributed by atoms with van der Waals surface area (Å²) >= 11 is 3.38. The molecule has 0 fully saturated rings. The minimum atomic E-state index is -0.487. The second kappa shape index (κ2) is 8.75. The fourth-order valence-electron chi connectivity index (χ4n) is 2.51. The van der Waals surface area contributed by atoms with Crippen molar-refractivity contribution in [1.29, 1.82) is 0 Å². The molecule has 0 atom stereocenters. The van der Waals surface area contributed by atoms with E-state index in [1.807, 2.05) is 0 Å². The molecule has 2 aromatic carbocycles. The van der Waals surface area contributed by atoms with Gasteiger partial charge in [-0.1, -0.05) is 12.1 Å². The van der Waals surface area contributed by atoms with Gasteiger partial charge in [-0.3, -0.25) is 10.00 Å². The van der Waals surface area contributed by atoms with Crippen LogP contribution in [0.15, 0.2) is 53.1 Å². The Bertz CT molecular complexity index is 976. The monoisotopic (exact) mass is 448 g/mol. The van der Waals surface area contributed by atoms with Gasteiger partial charge in [-0.25, -0.2) is 9.18 Å². The minimum absolute atomic E-state index is 0.294. The smallest absolute Gasteiger partial charge is 0.325 e. The first-order valence-electron chi connectivity index (χ1n) is 8.26. The second-order valence-corrected chi connectivity index (χ2v) is 6.65. The van der Waals surface area contributed by atoms with Crippen molar-refractivity contribution in [2.75, 3.05) is 24.9 Å². The lowest BCUT2D eigenvalue weighted by atomic mass is 10.2. The third-order valence-electron chi connectivity index (χ3n) is 3.86. The number of nitrogens with one attached hydrogen (secondary N) is 2. The van der Waals surface area contributed by atoms with Crippen LogP contribution in [0, 0.1) is 5.82 Å². The number of carbonyl (C=O) groups excluding carboxylic acids is 1. The van der Waals surface area contributed by atoms with Gasteiger partial charge in [0.25, 0.3) is 0 Å². The van der Waals surface area contributed by atoms with Crippen LogP contribution in [-0.2, 0) is 6.54 Å². The van der Waals surface area contributed by atoms with Gasteiger partial charge in [-0.15, -0.1) is 0 Å². The molecule has 146 valence electrons. The van der Waals surface area contributed by atoms with E-state index in [1.54, 1.807) is 41.2 Å². The zero-order valence-corrected chi connectivity index (χ0v) is 16.8. The standard InChI is InChI=1S/C19H18BrFN4O3/c1-27-14-7-8-17(28-2)16(9-14)22-19(26)23-18-15(20)11-25(24-18)10-12-3-5-13(21)6-4-12/h3-9,11H,10H2,1-2H3,(H2,22,23,24,26). The van der Waals surface area contributed by atoms with E-state index in [0.717, 1.165) is 5.56 Å². The minimum Gasteiger partial charge on any atom is -0.497 e. The predicted octanol–water partition coefficient (Wildman–Crippen LogP) is 4.49. The molecule has 2 amide bonds. The van der Waals surface area contributed by atoms with Crippen molar-refractivity contribution in [3.8, 4) is 11.5 Å². The number of methoxy groups -OCH3 is 2. The van der Waals surface area contributed by atoms with E-state index in [0.29, 0.717) is 34.0 Å². The number of benzene rings is 2. The molecule has 2 N–H and O–H groups in total. The van der Waals surface area contributed by atoms with Crippen molar-refractivity contribution in [3.05, 3.63) is 64.5 Å². The molecule has 7 nitrogen and oxygen atoms in total. The summed E-state index contributed by atoms with van der Waals surface area (Å²) in [6, 6.07) is 10.7. The Balaban J connectivity index is 1.69. The van der Waals surface area contributed by atoms with Gasteiger partial charge in [0.05, 0.1) is 30.9 Å². The van der Waals surface area contributed by atoms with E-state index >= 15 is 0 Å². The van der Waals surface area contributed by atoms with Crippen LogP contribution in [0.4, 0.5) is 20.7 Å². The zero-order chi connectivity index (χ0) is 20.1. The molecule has 0 aliphatic carbocycles. The molecule has 1 heterocycles. The summed E-state index contributed by atoms with van der Waals surface area (Å²) < 4.78 is 25.7. The predicted molar refractivity (Wildman–Crippen MR) is 108 cm³/mol. The van der Waals surface area contributed by atoms with Gasteiger partial charge < -0.3 is 14.8 Å². The van der Waals surface area contributed by atoms with Gasteiger partial charge in [0.2, 0.25) is 0 Å². The number of halogens is 2. The highest BCUT2D eigenvalue weighted by molar-refractivity contribution is 9.10. The van der Waals surface area contributed by atoms with Gasteiger partial charge in [0.15, 0.2) is 5.82 Å². The molecule has 0 aliphatic rings. The third-order valence-corrected chi connectivity index (χ3v) is 4.44. The van der Waals surface area contributed by atoms with E-state index in [9.17, 15) is 9.18 Å². The first kappa shape index (κ1) is 19.7. The number of anilines is 2. The maximum Gasteiger partial charge on any atom is 0.325 e. The van der Waals surface area contributed by atoms with Crippen LogP contribution in [0.2, 0.25) is 0 Å². The van der Waals surface area contributed by atoms with Crippen LogP contribution in [0.5, 0.6) is 11.5 Å². The summed E-state index contributed by atoms with van der Waals surface area (Å²) in [4.78, 5) is 12.4. The molecule has 0 saturated heterocycles. The average Bonchev–Trinajstić information content (AvgIpc) is 3.02. The number of hydrogen-bond donors (Lipinski definition) is 2. The molecular weight excluding hydrogens is 431 g/mol. The van der Waals surface area contributed by atoms with Gasteiger partial charge in [0.1, 0.15) is 17.3 Å². The summed E-state index contributed by atoms with van der Waals surface area (Å²) in [7, 11) is 3.05. The van der Waals surface area contributed by atoms with E-state index in [2.05, 4.69) is 31.7 Å².